The Balaban J connectivity index is 1.66. The molecule has 1 aromatic heterocycles. The van der Waals surface area contributed by atoms with Crippen molar-refractivity contribution in [2.45, 2.75) is 17.0 Å². The van der Waals surface area contributed by atoms with E-state index < -0.39 is 15.8 Å². The predicted octanol–water partition coefficient (Wildman–Crippen LogP) is 3.48. The molecule has 0 amide bonds. The van der Waals surface area contributed by atoms with Gasteiger partial charge in [0.1, 0.15) is 5.82 Å². The Hall–Kier alpha value is -2.42. The highest BCUT2D eigenvalue weighted by molar-refractivity contribution is 7.89. The Kier molecular flexibility index (Phi) is 5.33. The molecule has 6 nitrogen and oxygen atoms in total. The molecule has 1 N–H and O–H groups in total. The number of imidazole rings is 1. The Labute approximate surface area is 174 Å². The minimum Gasteiger partial charge on any atom is -0.380 e. The molecule has 1 aliphatic heterocycles. The van der Waals surface area contributed by atoms with Gasteiger partial charge in [-0.1, -0.05) is 41.9 Å². The molecule has 9 heteroatoms. The van der Waals surface area contributed by atoms with Crippen LogP contribution in [-0.2, 0) is 17.1 Å². The van der Waals surface area contributed by atoms with Crippen LogP contribution in [0.1, 0.15) is 11.5 Å². The smallest absolute Gasteiger partial charge is 0.262 e. The zero-order valence-corrected chi connectivity index (χ0v) is 17.2. The fourth-order valence-electron chi connectivity index (χ4n) is 3.65. The molecule has 1 aliphatic rings. The molecular formula is C20H20ClFN4O2S. The first-order valence-electron chi connectivity index (χ1n) is 9.08. The number of benzene rings is 2. The van der Waals surface area contributed by atoms with Crippen LogP contribution in [0.25, 0.3) is 0 Å². The molecule has 2 aromatic carbocycles. The minimum absolute atomic E-state index is 0.0151. The standard InChI is InChI=1S/C20H20ClFN4O2S/c1-25-12-20(23-13-25)29(27,28)26-10-18(14-5-3-2-4-6-14)19(11-26)24-17-8-15(21)7-16(22)9-17/h2-9,12-13,18-19,24H,10-11H2,1H3/t18-,19+/m1/s1. The van der Waals surface area contributed by atoms with Crippen molar-refractivity contribution in [2.24, 2.45) is 7.05 Å². The summed E-state index contributed by atoms with van der Waals surface area (Å²) in [5, 5.41) is 3.57. The summed E-state index contributed by atoms with van der Waals surface area (Å²) in [4.78, 5) is 4.01. The van der Waals surface area contributed by atoms with Crippen LogP contribution in [0.15, 0.2) is 66.1 Å². The first-order chi connectivity index (χ1) is 13.8. The van der Waals surface area contributed by atoms with E-state index in [9.17, 15) is 12.8 Å². The van der Waals surface area contributed by atoms with Crippen LogP contribution < -0.4 is 5.32 Å². The van der Waals surface area contributed by atoms with E-state index in [0.717, 1.165) is 5.56 Å². The van der Waals surface area contributed by atoms with Gasteiger partial charge in [-0.05, 0) is 23.8 Å². The molecule has 152 valence electrons. The van der Waals surface area contributed by atoms with Gasteiger partial charge >= 0.3 is 0 Å². The van der Waals surface area contributed by atoms with Crippen LogP contribution in [0.2, 0.25) is 5.02 Å². The summed E-state index contributed by atoms with van der Waals surface area (Å²) in [6.07, 6.45) is 2.95. The quantitative estimate of drug-likeness (QED) is 0.667. The average molecular weight is 435 g/mol. The predicted molar refractivity (Wildman–Crippen MR) is 110 cm³/mol. The van der Waals surface area contributed by atoms with Gasteiger partial charge in [0, 0.05) is 49.0 Å². The lowest BCUT2D eigenvalue weighted by Crippen LogP contribution is -2.32. The third-order valence-electron chi connectivity index (χ3n) is 5.01. The molecule has 0 aliphatic carbocycles. The largest absolute Gasteiger partial charge is 0.380 e. The van der Waals surface area contributed by atoms with E-state index in [2.05, 4.69) is 10.3 Å². The van der Waals surface area contributed by atoms with Crippen molar-refractivity contribution in [1.82, 2.24) is 13.9 Å². The third-order valence-corrected chi connectivity index (χ3v) is 6.95. The summed E-state index contributed by atoms with van der Waals surface area (Å²) in [5.74, 6) is -0.566. The molecule has 0 radical (unpaired) electrons. The molecule has 4 rings (SSSR count). The number of aryl methyl sites for hydroxylation is 1. The van der Waals surface area contributed by atoms with Crippen LogP contribution in [0.3, 0.4) is 0 Å². The first kappa shape index (κ1) is 19.9. The number of sulfonamides is 1. The molecule has 0 unspecified atom stereocenters. The molecule has 1 fully saturated rings. The number of hydrogen-bond donors (Lipinski definition) is 1. The molecule has 1 saturated heterocycles. The monoisotopic (exact) mass is 434 g/mol. The van der Waals surface area contributed by atoms with Gasteiger partial charge in [0.05, 0.1) is 6.33 Å². The number of nitrogens with zero attached hydrogens (tertiary/aromatic N) is 3. The van der Waals surface area contributed by atoms with Crippen molar-refractivity contribution in [1.29, 1.82) is 0 Å². The zero-order valence-electron chi connectivity index (χ0n) is 15.7. The van der Waals surface area contributed by atoms with Gasteiger partial charge in [0.25, 0.3) is 10.0 Å². The third kappa shape index (κ3) is 4.14. The maximum atomic E-state index is 13.8. The summed E-state index contributed by atoms with van der Waals surface area (Å²) >= 11 is 5.98. The van der Waals surface area contributed by atoms with E-state index in [1.54, 1.807) is 17.7 Å². The molecule has 0 bridgehead atoms. The van der Waals surface area contributed by atoms with Crippen molar-refractivity contribution < 1.29 is 12.8 Å². The van der Waals surface area contributed by atoms with E-state index in [1.807, 2.05) is 30.3 Å². The second-order valence-electron chi connectivity index (χ2n) is 7.13. The second-order valence-corrected chi connectivity index (χ2v) is 9.45. The van der Waals surface area contributed by atoms with Crippen molar-refractivity contribution in [2.75, 3.05) is 18.4 Å². The van der Waals surface area contributed by atoms with E-state index in [4.69, 9.17) is 11.6 Å². The summed E-state index contributed by atoms with van der Waals surface area (Å²) in [5.41, 5.74) is 1.52. The fourth-order valence-corrected chi connectivity index (χ4v) is 5.33. The maximum absolute atomic E-state index is 13.8. The Morgan fingerprint density at radius 3 is 2.59 bits per heavy atom. The van der Waals surface area contributed by atoms with Gasteiger partial charge in [0.15, 0.2) is 5.03 Å². The van der Waals surface area contributed by atoms with Crippen LogP contribution in [0.4, 0.5) is 10.1 Å². The molecule has 0 saturated carbocycles. The van der Waals surface area contributed by atoms with Crippen molar-refractivity contribution in [3.05, 3.63) is 77.5 Å². The molecule has 0 spiro atoms. The number of hydrogen-bond acceptors (Lipinski definition) is 4. The number of anilines is 1. The number of aromatic nitrogens is 2. The molecule has 3 aromatic rings. The highest BCUT2D eigenvalue weighted by atomic mass is 35.5. The van der Waals surface area contributed by atoms with Gasteiger partial charge in [-0.3, -0.25) is 0 Å². The lowest BCUT2D eigenvalue weighted by Gasteiger charge is -2.21. The number of nitrogens with one attached hydrogen (secondary N) is 1. The van der Waals surface area contributed by atoms with Crippen molar-refractivity contribution >= 4 is 27.3 Å². The van der Waals surface area contributed by atoms with Crippen molar-refractivity contribution in [3.8, 4) is 0 Å². The second kappa shape index (κ2) is 7.78. The van der Waals surface area contributed by atoms with Crippen molar-refractivity contribution in [3.63, 3.8) is 0 Å². The van der Waals surface area contributed by atoms with E-state index in [-0.39, 0.29) is 28.6 Å². The lowest BCUT2D eigenvalue weighted by molar-refractivity contribution is 0.468. The van der Waals surface area contributed by atoms with Gasteiger partial charge < -0.3 is 9.88 Å². The van der Waals surface area contributed by atoms with Crippen LogP contribution in [0.5, 0.6) is 0 Å². The van der Waals surface area contributed by atoms with Gasteiger partial charge in [0.2, 0.25) is 0 Å². The summed E-state index contributed by atoms with van der Waals surface area (Å²) < 4.78 is 42.9. The molecule has 29 heavy (non-hydrogen) atoms. The summed E-state index contributed by atoms with van der Waals surface area (Å²) in [6.45, 7) is 0.524. The van der Waals surface area contributed by atoms with E-state index >= 15 is 0 Å². The van der Waals surface area contributed by atoms with Crippen LogP contribution >= 0.6 is 11.6 Å². The van der Waals surface area contributed by atoms with Gasteiger partial charge in [-0.25, -0.2) is 17.8 Å². The SMILES string of the molecule is Cn1cnc(S(=O)(=O)N2C[C@H](Nc3cc(F)cc(Cl)c3)[C@@H](c3ccccc3)C2)c1. The molecule has 2 heterocycles. The zero-order chi connectivity index (χ0) is 20.6. The number of halogens is 2. The summed E-state index contributed by atoms with van der Waals surface area (Å²) in [7, 11) is -2.02. The highest BCUT2D eigenvalue weighted by Crippen LogP contribution is 2.33. The molecule has 2 atom stereocenters. The van der Waals surface area contributed by atoms with Crippen LogP contribution in [-0.4, -0.2) is 41.4 Å². The Morgan fingerprint density at radius 2 is 1.93 bits per heavy atom. The summed E-state index contributed by atoms with van der Waals surface area (Å²) in [6, 6.07) is 13.6. The first-order valence-corrected chi connectivity index (χ1v) is 10.9. The van der Waals surface area contributed by atoms with Gasteiger partial charge in [-0.15, -0.1) is 0 Å². The van der Waals surface area contributed by atoms with Crippen LogP contribution in [0, 0.1) is 5.82 Å². The normalized spacial score (nSPS) is 20.1. The molecular weight excluding hydrogens is 415 g/mol. The highest BCUT2D eigenvalue weighted by Gasteiger charge is 2.41. The Morgan fingerprint density at radius 1 is 1.17 bits per heavy atom. The Bertz CT molecular complexity index is 1100. The van der Waals surface area contributed by atoms with E-state index in [1.165, 1.54) is 29.0 Å². The average Bonchev–Trinajstić information content (AvgIpc) is 3.29. The fraction of sp³-hybridized carbons (Fsp3) is 0.250. The lowest BCUT2D eigenvalue weighted by atomic mass is 9.94. The maximum Gasteiger partial charge on any atom is 0.262 e. The minimum atomic E-state index is -3.74. The topological polar surface area (TPSA) is 67.2 Å². The number of rotatable bonds is 5. The van der Waals surface area contributed by atoms with Gasteiger partial charge in [-0.2, -0.15) is 4.31 Å². The van der Waals surface area contributed by atoms with E-state index in [0.29, 0.717) is 12.2 Å².